The molecule has 1 aliphatic heterocycles. The van der Waals surface area contributed by atoms with Crippen molar-refractivity contribution in [3.05, 3.63) is 66.1 Å². The maximum Gasteiger partial charge on any atom is 0.239 e. The molecule has 0 aliphatic carbocycles. The van der Waals surface area contributed by atoms with Gasteiger partial charge in [0.25, 0.3) is 0 Å². The first-order valence-corrected chi connectivity index (χ1v) is 8.49. The van der Waals surface area contributed by atoms with Gasteiger partial charge in [-0.1, -0.05) is 6.07 Å². The van der Waals surface area contributed by atoms with Gasteiger partial charge >= 0.3 is 0 Å². The average Bonchev–Trinajstić information content (AvgIpc) is 3.31. The number of hydrogen-bond acceptors (Lipinski definition) is 4. The lowest BCUT2D eigenvalue weighted by Gasteiger charge is -2.17. The molecule has 3 aromatic rings. The smallest absolute Gasteiger partial charge is 0.239 e. The summed E-state index contributed by atoms with van der Waals surface area (Å²) in [4.78, 5) is 19.8. The molecule has 0 saturated carbocycles. The topological polar surface area (TPSA) is 81.8 Å². The number of fused-ring (bicyclic) bond motifs is 1. The van der Waals surface area contributed by atoms with E-state index in [2.05, 4.69) is 32.2 Å². The number of nitrogens with one attached hydrogen (secondary N) is 4. The minimum absolute atomic E-state index is 0.00530. The summed E-state index contributed by atoms with van der Waals surface area (Å²) in [5.74, 6) is 0.00530. The number of hydrazine groups is 1. The maximum absolute atomic E-state index is 12.6. The number of carbonyl (C=O) groups is 1. The first kappa shape index (κ1) is 15.8. The van der Waals surface area contributed by atoms with E-state index in [4.69, 9.17) is 0 Å². The fourth-order valence-electron chi connectivity index (χ4n) is 3.28. The third-order valence-corrected chi connectivity index (χ3v) is 4.76. The van der Waals surface area contributed by atoms with Crippen LogP contribution in [0.3, 0.4) is 0 Å². The first-order valence-electron chi connectivity index (χ1n) is 8.49. The SMILES string of the molecule is CC(NC(=O)C1CC(c2ccncc2)NN1)c1ccc2[nH]ccc2c1. The van der Waals surface area contributed by atoms with Gasteiger partial charge in [-0.05, 0) is 60.2 Å². The minimum atomic E-state index is -0.253. The Bertz CT molecular complexity index is 876. The van der Waals surface area contributed by atoms with Crippen LogP contribution in [0, 0.1) is 0 Å². The average molecular weight is 335 g/mol. The second kappa shape index (κ2) is 6.66. The quantitative estimate of drug-likeness (QED) is 0.590. The molecule has 0 radical (unpaired) electrons. The van der Waals surface area contributed by atoms with Gasteiger partial charge in [-0.15, -0.1) is 0 Å². The van der Waals surface area contributed by atoms with Crippen molar-refractivity contribution in [2.75, 3.05) is 0 Å². The molecule has 1 fully saturated rings. The van der Waals surface area contributed by atoms with E-state index in [1.165, 1.54) is 0 Å². The monoisotopic (exact) mass is 335 g/mol. The Morgan fingerprint density at radius 1 is 1.20 bits per heavy atom. The fourth-order valence-corrected chi connectivity index (χ4v) is 3.28. The number of amides is 1. The Balaban J connectivity index is 1.40. The Kier molecular flexibility index (Phi) is 4.21. The van der Waals surface area contributed by atoms with Crippen LogP contribution in [0.5, 0.6) is 0 Å². The predicted molar refractivity (Wildman–Crippen MR) is 96.5 cm³/mol. The second-order valence-electron chi connectivity index (χ2n) is 6.46. The second-order valence-corrected chi connectivity index (χ2v) is 6.46. The van der Waals surface area contributed by atoms with E-state index < -0.39 is 0 Å². The normalized spacial score (nSPS) is 21.3. The zero-order valence-corrected chi connectivity index (χ0v) is 14.0. The van der Waals surface area contributed by atoms with Crippen molar-refractivity contribution in [3.8, 4) is 0 Å². The molecule has 3 heterocycles. The van der Waals surface area contributed by atoms with Gasteiger partial charge in [0.1, 0.15) is 6.04 Å². The molecule has 1 amide bonds. The van der Waals surface area contributed by atoms with Gasteiger partial charge in [0.2, 0.25) is 5.91 Å². The van der Waals surface area contributed by atoms with E-state index in [0.717, 1.165) is 22.0 Å². The summed E-state index contributed by atoms with van der Waals surface area (Å²) < 4.78 is 0. The number of pyridine rings is 1. The summed E-state index contributed by atoms with van der Waals surface area (Å²) in [6, 6.07) is 12.0. The van der Waals surface area contributed by atoms with Crippen molar-refractivity contribution in [3.63, 3.8) is 0 Å². The number of hydrogen-bond donors (Lipinski definition) is 4. The van der Waals surface area contributed by atoms with Gasteiger partial charge in [0, 0.05) is 30.1 Å². The third kappa shape index (κ3) is 3.26. The molecule has 3 atom stereocenters. The van der Waals surface area contributed by atoms with Crippen molar-refractivity contribution in [2.24, 2.45) is 0 Å². The van der Waals surface area contributed by atoms with Gasteiger partial charge in [0.05, 0.1) is 6.04 Å². The highest BCUT2D eigenvalue weighted by Crippen LogP contribution is 2.23. The molecule has 1 saturated heterocycles. The van der Waals surface area contributed by atoms with Crippen molar-refractivity contribution in [1.29, 1.82) is 0 Å². The van der Waals surface area contributed by atoms with Crippen LogP contribution >= 0.6 is 0 Å². The van der Waals surface area contributed by atoms with Crippen LogP contribution in [0.1, 0.15) is 36.6 Å². The molecular formula is C19H21N5O. The standard InChI is InChI=1S/C19H21N5O/c1-12(14-2-3-16-15(10-14)6-9-21-16)22-19(25)18-11-17(23-24-18)13-4-7-20-8-5-13/h2-10,12,17-18,21,23-24H,11H2,1H3,(H,22,25). The van der Waals surface area contributed by atoms with E-state index in [1.54, 1.807) is 12.4 Å². The molecule has 1 aromatic carbocycles. The van der Waals surface area contributed by atoms with Gasteiger partial charge in [-0.2, -0.15) is 0 Å². The first-order chi connectivity index (χ1) is 12.2. The van der Waals surface area contributed by atoms with Gasteiger partial charge in [0.15, 0.2) is 0 Å². The van der Waals surface area contributed by atoms with Gasteiger partial charge in [-0.3, -0.25) is 9.78 Å². The number of nitrogens with zero attached hydrogens (tertiary/aromatic N) is 1. The number of benzene rings is 1. The van der Waals surface area contributed by atoms with Crippen LogP contribution in [-0.4, -0.2) is 21.9 Å². The van der Waals surface area contributed by atoms with Crippen molar-refractivity contribution in [2.45, 2.75) is 31.5 Å². The molecule has 4 N–H and O–H groups in total. The summed E-state index contributed by atoms with van der Waals surface area (Å²) in [5.41, 5.74) is 9.62. The Morgan fingerprint density at radius 2 is 2.04 bits per heavy atom. The van der Waals surface area contributed by atoms with Gasteiger partial charge < -0.3 is 10.3 Å². The summed E-state index contributed by atoms with van der Waals surface area (Å²) in [6.07, 6.45) is 6.16. The molecule has 128 valence electrons. The summed E-state index contributed by atoms with van der Waals surface area (Å²) >= 11 is 0. The van der Waals surface area contributed by atoms with Crippen LogP contribution in [-0.2, 0) is 4.79 Å². The molecule has 6 nitrogen and oxygen atoms in total. The lowest BCUT2D eigenvalue weighted by molar-refractivity contribution is -0.123. The molecule has 4 rings (SSSR count). The Morgan fingerprint density at radius 3 is 2.88 bits per heavy atom. The van der Waals surface area contributed by atoms with E-state index >= 15 is 0 Å². The summed E-state index contributed by atoms with van der Waals surface area (Å²) in [6.45, 7) is 2.01. The zero-order chi connectivity index (χ0) is 17.2. The van der Waals surface area contributed by atoms with Crippen molar-refractivity contribution < 1.29 is 4.79 Å². The summed E-state index contributed by atoms with van der Waals surface area (Å²) in [7, 11) is 0. The van der Waals surface area contributed by atoms with Crippen LogP contribution in [0.2, 0.25) is 0 Å². The number of carbonyl (C=O) groups excluding carboxylic acids is 1. The summed E-state index contributed by atoms with van der Waals surface area (Å²) in [5, 5.41) is 4.25. The number of aromatic nitrogens is 2. The lowest BCUT2D eigenvalue weighted by atomic mass is 10.0. The Labute approximate surface area is 146 Å². The molecule has 2 aromatic heterocycles. The largest absolute Gasteiger partial charge is 0.361 e. The molecular weight excluding hydrogens is 314 g/mol. The molecule has 1 aliphatic rings. The Hall–Kier alpha value is -2.70. The highest BCUT2D eigenvalue weighted by molar-refractivity contribution is 5.83. The van der Waals surface area contributed by atoms with E-state index in [9.17, 15) is 4.79 Å². The van der Waals surface area contributed by atoms with Crippen molar-refractivity contribution in [1.82, 2.24) is 26.1 Å². The van der Waals surface area contributed by atoms with E-state index in [-0.39, 0.29) is 24.0 Å². The zero-order valence-electron chi connectivity index (χ0n) is 14.0. The third-order valence-electron chi connectivity index (χ3n) is 4.76. The van der Waals surface area contributed by atoms with Gasteiger partial charge in [-0.25, -0.2) is 10.9 Å². The molecule has 6 heteroatoms. The minimum Gasteiger partial charge on any atom is -0.361 e. The number of aromatic amines is 1. The maximum atomic E-state index is 12.6. The van der Waals surface area contributed by atoms with Crippen LogP contribution < -0.4 is 16.2 Å². The fraction of sp³-hybridized carbons (Fsp3) is 0.263. The predicted octanol–water partition coefficient (Wildman–Crippen LogP) is 2.35. The highest BCUT2D eigenvalue weighted by atomic mass is 16.2. The molecule has 3 unspecified atom stereocenters. The van der Waals surface area contributed by atoms with Crippen LogP contribution in [0.25, 0.3) is 10.9 Å². The van der Waals surface area contributed by atoms with Crippen molar-refractivity contribution >= 4 is 16.8 Å². The molecule has 0 spiro atoms. The number of rotatable bonds is 4. The van der Waals surface area contributed by atoms with E-state index in [0.29, 0.717) is 6.42 Å². The lowest BCUT2D eigenvalue weighted by Crippen LogP contribution is -2.43. The molecule has 0 bridgehead atoms. The molecule has 25 heavy (non-hydrogen) atoms. The highest BCUT2D eigenvalue weighted by Gasteiger charge is 2.30. The number of H-pyrrole nitrogens is 1. The van der Waals surface area contributed by atoms with Crippen LogP contribution in [0.15, 0.2) is 55.0 Å². The van der Waals surface area contributed by atoms with Crippen LogP contribution in [0.4, 0.5) is 0 Å². The van der Waals surface area contributed by atoms with E-state index in [1.807, 2.05) is 43.5 Å².